The second-order valence-electron chi connectivity index (χ2n) is 6.15. The zero-order valence-electron chi connectivity index (χ0n) is 15.1. The van der Waals surface area contributed by atoms with E-state index in [4.69, 9.17) is 4.74 Å². The molecule has 0 radical (unpaired) electrons. The molecule has 0 aromatic heterocycles. The van der Waals surface area contributed by atoms with E-state index in [2.05, 4.69) is 10.9 Å². The lowest BCUT2D eigenvalue weighted by Crippen LogP contribution is -2.47. The Morgan fingerprint density at radius 2 is 1.68 bits per heavy atom. The largest absolute Gasteiger partial charge is 0.481 e. The number of carbonyl (C=O) groups is 2. The van der Waals surface area contributed by atoms with E-state index >= 15 is 0 Å². The predicted octanol–water partition coefficient (Wildman–Crippen LogP) is 2.77. The highest BCUT2D eigenvalue weighted by Crippen LogP contribution is 2.17. The minimum absolute atomic E-state index is 0.208. The molecule has 2 N–H and O–H groups in total. The van der Waals surface area contributed by atoms with Crippen molar-refractivity contribution in [3.8, 4) is 5.75 Å². The van der Waals surface area contributed by atoms with Crippen LogP contribution in [-0.4, -0.2) is 17.9 Å². The Morgan fingerprint density at radius 1 is 0.960 bits per heavy atom. The number of benzene rings is 2. The first kappa shape index (κ1) is 18.5. The molecule has 2 amide bonds. The van der Waals surface area contributed by atoms with Crippen LogP contribution in [0, 0.1) is 20.8 Å². The first-order chi connectivity index (χ1) is 11.9. The fourth-order valence-electron chi connectivity index (χ4n) is 2.30. The van der Waals surface area contributed by atoms with E-state index in [1.165, 1.54) is 0 Å². The number of ether oxygens (including phenoxy) is 1. The van der Waals surface area contributed by atoms with Crippen LogP contribution in [0.15, 0.2) is 42.5 Å². The van der Waals surface area contributed by atoms with Crippen molar-refractivity contribution in [3.63, 3.8) is 0 Å². The van der Waals surface area contributed by atoms with Crippen molar-refractivity contribution in [2.24, 2.45) is 0 Å². The Morgan fingerprint density at radius 3 is 2.36 bits per heavy atom. The van der Waals surface area contributed by atoms with Crippen LogP contribution < -0.4 is 15.6 Å². The number of hydrazine groups is 1. The fraction of sp³-hybridized carbons (Fsp3) is 0.300. The Labute approximate surface area is 148 Å². The third-order valence-corrected chi connectivity index (χ3v) is 4.10. The number of amides is 2. The monoisotopic (exact) mass is 340 g/mol. The second kappa shape index (κ2) is 8.33. The lowest BCUT2D eigenvalue weighted by molar-refractivity contribution is -0.132. The topological polar surface area (TPSA) is 67.4 Å². The van der Waals surface area contributed by atoms with Gasteiger partial charge in [-0.3, -0.25) is 20.4 Å². The van der Waals surface area contributed by atoms with Gasteiger partial charge in [0, 0.05) is 0 Å². The molecule has 0 heterocycles. The van der Waals surface area contributed by atoms with E-state index in [-0.39, 0.29) is 12.3 Å². The van der Waals surface area contributed by atoms with E-state index in [1.807, 2.05) is 63.2 Å². The molecule has 0 fully saturated rings. The normalized spacial score (nSPS) is 11.5. The first-order valence-corrected chi connectivity index (χ1v) is 8.24. The van der Waals surface area contributed by atoms with E-state index in [0.29, 0.717) is 5.75 Å². The van der Waals surface area contributed by atoms with Gasteiger partial charge in [0.15, 0.2) is 6.10 Å². The van der Waals surface area contributed by atoms with Gasteiger partial charge in [-0.15, -0.1) is 0 Å². The molecule has 0 bridgehead atoms. The highest BCUT2D eigenvalue weighted by Gasteiger charge is 2.16. The summed E-state index contributed by atoms with van der Waals surface area (Å²) in [5, 5.41) is 0. The SMILES string of the molecule is Cc1ccc(OC(C)C(=O)NNC(=O)Cc2ccccc2C)cc1C. The molecule has 0 aliphatic rings. The molecule has 25 heavy (non-hydrogen) atoms. The van der Waals surface area contributed by atoms with Crippen molar-refractivity contribution >= 4 is 11.8 Å². The zero-order chi connectivity index (χ0) is 18.4. The number of hydrogen-bond acceptors (Lipinski definition) is 3. The summed E-state index contributed by atoms with van der Waals surface area (Å²) in [6.07, 6.45) is -0.514. The van der Waals surface area contributed by atoms with Gasteiger partial charge in [0.25, 0.3) is 5.91 Å². The van der Waals surface area contributed by atoms with Crippen LogP contribution >= 0.6 is 0 Å². The second-order valence-corrected chi connectivity index (χ2v) is 6.15. The molecule has 2 rings (SSSR count). The van der Waals surface area contributed by atoms with Gasteiger partial charge in [-0.25, -0.2) is 0 Å². The maximum absolute atomic E-state index is 12.1. The van der Waals surface area contributed by atoms with Crippen LogP contribution in [0.2, 0.25) is 0 Å². The number of rotatable bonds is 5. The highest BCUT2D eigenvalue weighted by molar-refractivity contribution is 5.85. The smallest absolute Gasteiger partial charge is 0.279 e. The molecule has 1 atom stereocenters. The van der Waals surface area contributed by atoms with Gasteiger partial charge in [-0.1, -0.05) is 30.3 Å². The Kier molecular flexibility index (Phi) is 6.17. The fourth-order valence-corrected chi connectivity index (χ4v) is 2.30. The highest BCUT2D eigenvalue weighted by atomic mass is 16.5. The maximum atomic E-state index is 12.1. The van der Waals surface area contributed by atoms with E-state index in [0.717, 1.165) is 22.3 Å². The van der Waals surface area contributed by atoms with Crippen LogP contribution in [0.4, 0.5) is 0 Å². The molecular formula is C20H24N2O3. The third kappa shape index (κ3) is 5.35. The minimum Gasteiger partial charge on any atom is -0.481 e. The molecule has 0 saturated carbocycles. The summed E-state index contributed by atoms with van der Waals surface area (Å²) in [7, 11) is 0. The third-order valence-electron chi connectivity index (χ3n) is 4.10. The molecule has 1 unspecified atom stereocenters. The molecule has 2 aromatic rings. The van der Waals surface area contributed by atoms with E-state index < -0.39 is 12.0 Å². The zero-order valence-corrected chi connectivity index (χ0v) is 15.1. The molecule has 2 aromatic carbocycles. The number of hydrogen-bond donors (Lipinski definition) is 2. The van der Waals surface area contributed by atoms with E-state index in [9.17, 15) is 9.59 Å². The summed E-state index contributed by atoms with van der Waals surface area (Å²) in [6.45, 7) is 7.58. The molecule has 0 spiro atoms. The number of carbonyl (C=O) groups excluding carboxylic acids is 2. The number of nitrogens with one attached hydrogen (secondary N) is 2. The van der Waals surface area contributed by atoms with Crippen molar-refractivity contribution in [1.82, 2.24) is 10.9 Å². The van der Waals surface area contributed by atoms with Gasteiger partial charge in [-0.05, 0) is 62.1 Å². The molecule has 132 valence electrons. The van der Waals surface area contributed by atoms with Gasteiger partial charge in [0.1, 0.15) is 5.75 Å². The molecule has 5 heteroatoms. The summed E-state index contributed by atoms with van der Waals surface area (Å²) in [5.41, 5.74) is 9.05. The quantitative estimate of drug-likeness (QED) is 0.823. The Balaban J connectivity index is 1.83. The van der Waals surface area contributed by atoms with Gasteiger partial charge in [0.05, 0.1) is 6.42 Å². The van der Waals surface area contributed by atoms with Gasteiger partial charge in [-0.2, -0.15) is 0 Å². The maximum Gasteiger partial charge on any atom is 0.279 e. The van der Waals surface area contributed by atoms with Crippen LogP contribution in [0.3, 0.4) is 0 Å². The van der Waals surface area contributed by atoms with Crippen LogP contribution in [0.1, 0.15) is 29.2 Å². The van der Waals surface area contributed by atoms with Crippen LogP contribution in [0.25, 0.3) is 0 Å². The standard InChI is InChI=1S/C20H24N2O3/c1-13-9-10-18(11-15(13)3)25-16(4)20(24)22-21-19(23)12-17-8-6-5-7-14(17)2/h5-11,16H,12H2,1-4H3,(H,21,23)(H,22,24). The summed E-state index contributed by atoms with van der Waals surface area (Å²) >= 11 is 0. The predicted molar refractivity (Wildman–Crippen MR) is 97.2 cm³/mol. The molecule has 0 aliphatic carbocycles. The average molecular weight is 340 g/mol. The first-order valence-electron chi connectivity index (χ1n) is 8.24. The van der Waals surface area contributed by atoms with Crippen LogP contribution in [0.5, 0.6) is 5.75 Å². The molecular weight excluding hydrogens is 316 g/mol. The average Bonchev–Trinajstić information content (AvgIpc) is 2.58. The lowest BCUT2D eigenvalue weighted by atomic mass is 10.1. The Hall–Kier alpha value is -2.82. The minimum atomic E-state index is -0.721. The summed E-state index contributed by atoms with van der Waals surface area (Å²) < 4.78 is 5.62. The van der Waals surface area contributed by atoms with Crippen molar-refractivity contribution < 1.29 is 14.3 Å². The number of aryl methyl sites for hydroxylation is 3. The molecule has 0 aliphatic heterocycles. The van der Waals surface area contributed by atoms with E-state index in [1.54, 1.807) is 6.92 Å². The van der Waals surface area contributed by atoms with Gasteiger partial charge in [0.2, 0.25) is 5.91 Å². The summed E-state index contributed by atoms with van der Waals surface area (Å²) in [5.74, 6) is -0.0608. The molecule has 0 saturated heterocycles. The van der Waals surface area contributed by atoms with Gasteiger partial charge < -0.3 is 4.74 Å². The van der Waals surface area contributed by atoms with Gasteiger partial charge >= 0.3 is 0 Å². The van der Waals surface area contributed by atoms with Crippen molar-refractivity contribution in [2.75, 3.05) is 0 Å². The summed E-state index contributed by atoms with van der Waals surface area (Å²) in [6, 6.07) is 13.3. The molecule has 5 nitrogen and oxygen atoms in total. The lowest BCUT2D eigenvalue weighted by Gasteiger charge is -2.16. The van der Waals surface area contributed by atoms with Crippen molar-refractivity contribution in [3.05, 3.63) is 64.7 Å². The van der Waals surface area contributed by atoms with Crippen molar-refractivity contribution in [2.45, 2.75) is 40.2 Å². The summed E-state index contributed by atoms with van der Waals surface area (Å²) in [4.78, 5) is 24.0. The van der Waals surface area contributed by atoms with Crippen molar-refractivity contribution in [1.29, 1.82) is 0 Å². The Bertz CT molecular complexity index is 771. The van der Waals surface area contributed by atoms with Crippen LogP contribution in [-0.2, 0) is 16.0 Å².